The van der Waals surface area contributed by atoms with Crippen LogP contribution in [-0.4, -0.2) is 24.1 Å². The van der Waals surface area contributed by atoms with Crippen molar-refractivity contribution in [2.45, 2.75) is 0 Å². The molecule has 2 aromatic carbocycles. The molecule has 0 spiro atoms. The fraction of sp³-hybridized carbons (Fsp3) is 0.0625. The van der Waals surface area contributed by atoms with Crippen molar-refractivity contribution < 1.29 is 19.4 Å². The second-order valence-electron chi connectivity index (χ2n) is 4.48. The van der Waals surface area contributed by atoms with Gasteiger partial charge in [0.05, 0.1) is 35.6 Å². The molecule has 116 valence electrons. The molecule has 2 rings (SSSR count). The van der Waals surface area contributed by atoms with Gasteiger partial charge in [-0.25, -0.2) is 4.79 Å². The first-order valence-corrected chi connectivity index (χ1v) is 7.18. The highest BCUT2D eigenvalue weighted by atomic mass is 79.9. The highest BCUT2D eigenvalue weighted by molar-refractivity contribution is 9.10. The number of nitriles is 1. The van der Waals surface area contributed by atoms with E-state index in [-0.39, 0.29) is 16.8 Å². The molecule has 0 radical (unpaired) electrons. The molecule has 0 unspecified atom stereocenters. The van der Waals surface area contributed by atoms with E-state index >= 15 is 0 Å². The summed E-state index contributed by atoms with van der Waals surface area (Å²) in [5.74, 6) is -1.23. The summed E-state index contributed by atoms with van der Waals surface area (Å²) < 4.78 is 5.61. The van der Waals surface area contributed by atoms with Crippen molar-refractivity contribution in [1.29, 1.82) is 5.26 Å². The molecule has 0 aliphatic rings. The third-order valence-electron chi connectivity index (χ3n) is 3.05. The lowest BCUT2D eigenvalue weighted by molar-refractivity contribution is 0.0698. The van der Waals surface area contributed by atoms with Crippen LogP contribution in [0.15, 0.2) is 40.9 Å². The first-order valence-electron chi connectivity index (χ1n) is 6.38. The monoisotopic (exact) mass is 374 g/mol. The summed E-state index contributed by atoms with van der Waals surface area (Å²) >= 11 is 3.27. The number of hydrogen-bond acceptors (Lipinski definition) is 4. The molecule has 0 fully saturated rings. The number of ether oxygens (including phenoxy) is 1. The van der Waals surface area contributed by atoms with Gasteiger partial charge >= 0.3 is 5.97 Å². The average molecular weight is 375 g/mol. The molecule has 0 saturated carbocycles. The number of methoxy groups -OCH3 is 1. The predicted octanol–water partition coefficient (Wildman–Crippen LogP) is 3.28. The molecule has 7 heteroatoms. The van der Waals surface area contributed by atoms with Gasteiger partial charge in [-0.15, -0.1) is 0 Å². The fourth-order valence-electron chi connectivity index (χ4n) is 1.89. The predicted molar refractivity (Wildman–Crippen MR) is 86.8 cm³/mol. The summed E-state index contributed by atoms with van der Waals surface area (Å²) in [6.07, 6.45) is 0. The quantitative estimate of drug-likeness (QED) is 0.855. The maximum absolute atomic E-state index is 12.4. The van der Waals surface area contributed by atoms with E-state index in [1.165, 1.54) is 31.4 Å². The summed E-state index contributed by atoms with van der Waals surface area (Å²) in [6, 6.07) is 10.8. The van der Waals surface area contributed by atoms with Crippen LogP contribution in [0.1, 0.15) is 26.3 Å². The molecule has 0 atom stereocenters. The molecular weight excluding hydrogens is 364 g/mol. The molecule has 0 aromatic heterocycles. The third-order valence-corrected chi connectivity index (χ3v) is 3.74. The molecule has 0 heterocycles. The summed E-state index contributed by atoms with van der Waals surface area (Å²) in [6.45, 7) is 0. The highest BCUT2D eigenvalue weighted by Gasteiger charge is 2.16. The molecule has 0 saturated heterocycles. The van der Waals surface area contributed by atoms with Crippen molar-refractivity contribution in [3.8, 4) is 11.8 Å². The van der Waals surface area contributed by atoms with E-state index in [2.05, 4.69) is 21.2 Å². The molecular formula is C16H11BrN2O4. The van der Waals surface area contributed by atoms with Gasteiger partial charge in [-0.2, -0.15) is 5.26 Å². The van der Waals surface area contributed by atoms with Crippen LogP contribution in [0.4, 0.5) is 5.69 Å². The molecule has 0 aliphatic heterocycles. The zero-order chi connectivity index (χ0) is 17.0. The van der Waals surface area contributed by atoms with Gasteiger partial charge < -0.3 is 15.2 Å². The number of amides is 1. The number of hydrogen-bond donors (Lipinski definition) is 2. The van der Waals surface area contributed by atoms with E-state index in [9.17, 15) is 14.7 Å². The number of carboxylic acids is 1. The minimum absolute atomic E-state index is 0.108. The Balaban J connectivity index is 2.38. The zero-order valence-electron chi connectivity index (χ0n) is 12.0. The second kappa shape index (κ2) is 6.94. The van der Waals surface area contributed by atoms with E-state index < -0.39 is 11.9 Å². The van der Waals surface area contributed by atoms with Crippen molar-refractivity contribution in [3.63, 3.8) is 0 Å². The Morgan fingerprint density at radius 2 is 1.96 bits per heavy atom. The Hall–Kier alpha value is -2.85. The van der Waals surface area contributed by atoms with E-state index in [1.807, 2.05) is 6.07 Å². The normalized spacial score (nSPS) is 9.78. The number of carbonyl (C=O) groups is 2. The van der Waals surface area contributed by atoms with Gasteiger partial charge in [-0.05, 0) is 52.3 Å². The van der Waals surface area contributed by atoms with Crippen LogP contribution in [0.25, 0.3) is 0 Å². The number of carboxylic acid groups (broad SMARTS) is 1. The Morgan fingerprint density at radius 1 is 1.22 bits per heavy atom. The summed E-state index contributed by atoms with van der Waals surface area (Å²) in [7, 11) is 1.48. The fourth-order valence-corrected chi connectivity index (χ4v) is 2.32. The minimum atomic E-state index is -1.23. The van der Waals surface area contributed by atoms with Crippen molar-refractivity contribution >= 4 is 33.5 Å². The average Bonchev–Trinajstić information content (AvgIpc) is 2.55. The van der Waals surface area contributed by atoms with Crippen LogP contribution in [0, 0.1) is 11.3 Å². The van der Waals surface area contributed by atoms with Crippen LogP contribution in [0.3, 0.4) is 0 Å². The Labute approximate surface area is 140 Å². The van der Waals surface area contributed by atoms with Gasteiger partial charge in [0.1, 0.15) is 5.75 Å². The van der Waals surface area contributed by atoms with Gasteiger partial charge in [0.15, 0.2) is 0 Å². The van der Waals surface area contributed by atoms with Crippen LogP contribution >= 0.6 is 15.9 Å². The van der Waals surface area contributed by atoms with Crippen molar-refractivity contribution in [2.75, 3.05) is 12.4 Å². The number of halogens is 1. The molecule has 6 nitrogen and oxygen atoms in total. The number of rotatable bonds is 4. The van der Waals surface area contributed by atoms with E-state index in [4.69, 9.17) is 10.00 Å². The number of nitrogens with one attached hydrogen (secondary N) is 1. The first-order chi connectivity index (χ1) is 11.0. The lowest BCUT2D eigenvalue weighted by atomic mass is 10.1. The Bertz CT molecular complexity index is 827. The number of carbonyl (C=O) groups excluding carboxylic acids is 1. The van der Waals surface area contributed by atoms with Crippen LogP contribution in [-0.2, 0) is 0 Å². The van der Waals surface area contributed by atoms with Gasteiger partial charge in [0.2, 0.25) is 0 Å². The topological polar surface area (TPSA) is 99.4 Å². The number of benzene rings is 2. The van der Waals surface area contributed by atoms with E-state index in [0.717, 1.165) is 0 Å². The van der Waals surface area contributed by atoms with Crippen molar-refractivity contribution in [1.82, 2.24) is 0 Å². The maximum atomic E-state index is 12.4. The summed E-state index contributed by atoms with van der Waals surface area (Å²) in [4.78, 5) is 23.7. The van der Waals surface area contributed by atoms with E-state index in [0.29, 0.717) is 15.8 Å². The molecule has 2 N–H and O–H groups in total. The summed E-state index contributed by atoms with van der Waals surface area (Å²) in [5, 5.41) is 20.6. The van der Waals surface area contributed by atoms with Crippen molar-refractivity contribution in [3.05, 3.63) is 57.6 Å². The lowest BCUT2D eigenvalue weighted by Crippen LogP contribution is -2.15. The Morgan fingerprint density at radius 3 is 2.57 bits per heavy atom. The van der Waals surface area contributed by atoms with Crippen LogP contribution < -0.4 is 10.1 Å². The molecule has 2 aromatic rings. The first kappa shape index (κ1) is 16.5. The van der Waals surface area contributed by atoms with Gasteiger partial charge in [0, 0.05) is 4.47 Å². The van der Waals surface area contributed by atoms with Crippen LogP contribution in [0.2, 0.25) is 0 Å². The van der Waals surface area contributed by atoms with Gasteiger partial charge in [0.25, 0.3) is 5.91 Å². The van der Waals surface area contributed by atoms with Crippen LogP contribution in [0.5, 0.6) is 5.75 Å². The molecule has 1 amide bonds. The van der Waals surface area contributed by atoms with Gasteiger partial charge in [-0.1, -0.05) is 0 Å². The Kier molecular flexibility index (Phi) is 4.98. The number of aromatic carboxylic acids is 1. The second-order valence-corrected chi connectivity index (χ2v) is 5.33. The third kappa shape index (κ3) is 3.67. The smallest absolute Gasteiger partial charge is 0.337 e. The van der Waals surface area contributed by atoms with Crippen molar-refractivity contribution in [2.24, 2.45) is 0 Å². The number of nitrogens with zero attached hydrogens (tertiary/aromatic N) is 1. The zero-order valence-corrected chi connectivity index (χ0v) is 13.5. The van der Waals surface area contributed by atoms with E-state index in [1.54, 1.807) is 12.1 Å². The lowest BCUT2D eigenvalue weighted by Gasteiger charge is -2.11. The highest BCUT2D eigenvalue weighted by Crippen LogP contribution is 2.25. The maximum Gasteiger partial charge on any atom is 0.337 e. The molecule has 23 heavy (non-hydrogen) atoms. The number of anilines is 1. The molecule has 0 aliphatic carbocycles. The molecule has 0 bridgehead atoms. The standard InChI is InChI=1S/C16H11BrN2O4/c1-23-10-3-4-13(17)11(7-10)15(20)19-14-5-2-9(8-18)6-12(14)16(21)22/h2-7H,1H3,(H,19,20)(H,21,22). The summed E-state index contributed by atoms with van der Waals surface area (Å²) in [5.41, 5.74) is 0.445. The minimum Gasteiger partial charge on any atom is -0.497 e. The largest absolute Gasteiger partial charge is 0.497 e. The van der Waals surface area contributed by atoms with Gasteiger partial charge in [-0.3, -0.25) is 4.79 Å². The SMILES string of the molecule is COc1ccc(Br)c(C(=O)Nc2ccc(C#N)cc2C(=O)O)c1.